The molecule has 0 aliphatic carbocycles. The van der Waals surface area contributed by atoms with Gasteiger partial charge in [-0.2, -0.15) is 0 Å². The van der Waals surface area contributed by atoms with Gasteiger partial charge in [-0.15, -0.1) is 0 Å². The molecule has 0 saturated carbocycles. The van der Waals surface area contributed by atoms with Crippen LogP contribution in [0.5, 0.6) is 0 Å². The number of fused-ring (bicyclic) bond motifs is 4. The molecule has 2 aliphatic rings. The smallest absolute Gasteiger partial charge is 0.250 e. The predicted octanol–water partition coefficient (Wildman–Crippen LogP) is 3.23. The van der Waals surface area contributed by atoms with Gasteiger partial charge in [0.25, 0.3) is 5.56 Å². The number of piperidine rings is 1. The first-order valence-electron chi connectivity index (χ1n) is 7.85. The minimum Gasteiger partial charge on any atom is -0.312 e. The van der Waals surface area contributed by atoms with Crippen LogP contribution < -0.4 is 5.56 Å². The molecule has 2 aliphatic heterocycles. The first-order valence-corrected chi connectivity index (χ1v) is 8.65. The number of hydrogen-bond donors (Lipinski definition) is 0. The molecule has 114 valence electrons. The summed E-state index contributed by atoms with van der Waals surface area (Å²) in [4.78, 5) is 14.6. The van der Waals surface area contributed by atoms with E-state index in [0.717, 1.165) is 30.7 Å². The molecule has 0 spiro atoms. The molecule has 1 saturated heterocycles. The van der Waals surface area contributed by atoms with Crippen LogP contribution in [0.15, 0.2) is 51.7 Å². The second-order valence-corrected chi connectivity index (χ2v) is 7.43. The molecule has 4 rings (SSSR count). The SMILES string of the molecule is O=c1cccc2n1C[C@H]1C[C@@H]2CN(Cc2ccc(Br)cc2)C1. The van der Waals surface area contributed by atoms with E-state index in [1.54, 1.807) is 6.07 Å². The van der Waals surface area contributed by atoms with E-state index in [2.05, 4.69) is 51.2 Å². The third-order valence-electron chi connectivity index (χ3n) is 4.87. The van der Waals surface area contributed by atoms with Crippen LogP contribution in [0, 0.1) is 5.92 Å². The molecule has 3 nitrogen and oxygen atoms in total. The predicted molar refractivity (Wildman–Crippen MR) is 91.0 cm³/mol. The summed E-state index contributed by atoms with van der Waals surface area (Å²) >= 11 is 3.49. The summed E-state index contributed by atoms with van der Waals surface area (Å²) < 4.78 is 3.12. The summed E-state index contributed by atoms with van der Waals surface area (Å²) in [5.74, 6) is 1.10. The van der Waals surface area contributed by atoms with E-state index in [4.69, 9.17) is 0 Å². The highest BCUT2D eigenvalue weighted by atomic mass is 79.9. The molecule has 4 heteroatoms. The maximum atomic E-state index is 12.0. The van der Waals surface area contributed by atoms with Gasteiger partial charge in [-0.25, -0.2) is 0 Å². The van der Waals surface area contributed by atoms with Crippen molar-refractivity contribution in [2.75, 3.05) is 13.1 Å². The number of benzene rings is 1. The van der Waals surface area contributed by atoms with Gasteiger partial charge in [-0.3, -0.25) is 9.69 Å². The lowest BCUT2D eigenvalue weighted by atomic mass is 9.83. The molecule has 2 aromatic rings. The van der Waals surface area contributed by atoms with E-state index in [1.807, 2.05) is 10.6 Å². The average molecular weight is 359 g/mol. The van der Waals surface area contributed by atoms with E-state index in [1.165, 1.54) is 17.7 Å². The highest BCUT2D eigenvalue weighted by molar-refractivity contribution is 9.10. The Morgan fingerprint density at radius 3 is 2.68 bits per heavy atom. The number of halogens is 1. The molecule has 0 radical (unpaired) electrons. The number of pyridine rings is 1. The van der Waals surface area contributed by atoms with E-state index in [-0.39, 0.29) is 5.56 Å². The Morgan fingerprint density at radius 1 is 1.05 bits per heavy atom. The molecule has 0 unspecified atom stereocenters. The van der Waals surface area contributed by atoms with Crippen LogP contribution in [0.3, 0.4) is 0 Å². The van der Waals surface area contributed by atoms with Crippen LogP contribution in [-0.4, -0.2) is 22.6 Å². The molecule has 1 aromatic carbocycles. The largest absolute Gasteiger partial charge is 0.312 e. The number of rotatable bonds is 2. The summed E-state index contributed by atoms with van der Waals surface area (Å²) in [6.45, 7) is 4.02. The van der Waals surface area contributed by atoms with Gasteiger partial charge in [0.15, 0.2) is 0 Å². The van der Waals surface area contributed by atoms with Gasteiger partial charge >= 0.3 is 0 Å². The number of hydrogen-bond acceptors (Lipinski definition) is 2. The zero-order valence-electron chi connectivity index (χ0n) is 12.4. The molecule has 2 bridgehead atoms. The Morgan fingerprint density at radius 2 is 1.86 bits per heavy atom. The minimum atomic E-state index is 0.161. The van der Waals surface area contributed by atoms with Crippen molar-refractivity contribution in [3.05, 3.63) is 68.5 Å². The summed E-state index contributed by atoms with van der Waals surface area (Å²) in [5, 5.41) is 0. The van der Waals surface area contributed by atoms with Crippen molar-refractivity contribution in [2.45, 2.75) is 25.4 Å². The van der Waals surface area contributed by atoms with Crippen molar-refractivity contribution in [1.29, 1.82) is 0 Å². The molecule has 1 aromatic heterocycles. The molecule has 2 atom stereocenters. The first-order chi connectivity index (χ1) is 10.7. The summed E-state index contributed by atoms with van der Waals surface area (Å²) in [6.07, 6.45) is 1.22. The summed E-state index contributed by atoms with van der Waals surface area (Å²) in [7, 11) is 0. The number of nitrogens with zero attached hydrogens (tertiary/aromatic N) is 2. The molecular formula is C18H19BrN2O. The fourth-order valence-electron chi connectivity index (χ4n) is 3.97. The maximum absolute atomic E-state index is 12.0. The van der Waals surface area contributed by atoms with Crippen molar-refractivity contribution < 1.29 is 0 Å². The Kier molecular flexibility index (Phi) is 3.66. The second-order valence-electron chi connectivity index (χ2n) is 6.52. The van der Waals surface area contributed by atoms with Gasteiger partial charge < -0.3 is 4.57 Å². The number of likely N-dealkylation sites (tertiary alicyclic amines) is 1. The Hall–Kier alpha value is -1.39. The monoisotopic (exact) mass is 358 g/mol. The summed E-state index contributed by atoms with van der Waals surface area (Å²) in [6, 6.07) is 14.3. The van der Waals surface area contributed by atoms with Gasteiger partial charge in [0, 0.05) is 48.3 Å². The lowest BCUT2D eigenvalue weighted by Crippen LogP contribution is -2.46. The van der Waals surface area contributed by atoms with Gasteiger partial charge in [0.2, 0.25) is 0 Å². The Bertz CT molecular complexity index is 737. The van der Waals surface area contributed by atoms with Crippen molar-refractivity contribution in [1.82, 2.24) is 9.47 Å². The second kappa shape index (κ2) is 5.67. The highest BCUT2D eigenvalue weighted by Crippen LogP contribution is 2.35. The molecule has 22 heavy (non-hydrogen) atoms. The molecular weight excluding hydrogens is 340 g/mol. The van der Waals surface area contributed by atoms with E-state index >= 15 is 0 Å². The van der Waals surface area contributed by atoms with Crippen LogP contribution in [0.1, 0.15) is 23.6 Å². The first kappa shape index (κ1) is 14.2. The third kappa shape index (κ3) is 2.66. The molecule has 0 N–H and O–H groups in total. The van der Waals surface area contributed by atoms with Crippen molar-refractivity contribution >= 4 is 15.9 Å². The molecule has 3 heterocycles. The normalized spacial score (nSPS) is 24.0. The van der Waals surface area contributed by atoms with Crippen molar-refractivity contribution in [3.8, 4) is 0 Å². The maximum Gasteiger partial charge on any atom is 0.250 e. The fourth-order valence-corrected chi connectivity index (χ4v) is 4.24. The fraction of sp³-hybridized carbons (Fsp3) is 0.389. The van der Waals surface area contributed by atoms with Crippen LogP contribution in [0.4, 0.5) is 0 Å². The van der Waals surface area contributed by atoms with Gasteiger partial charge in [-0.1, -0.05) is 34.1 Å². The van der Waals surface area contributed by atoms with Gasteiger partial charge in [0.05, 0.1) is 0 Å². The summed E-state index contributed by atoms with van der Waals surface area (Å²) in [5.41, 5.74) is 2.74. The quantitative estimate of drug-likeness (QED) is 0.823. The molecule has 1 fully saturated rings. The van der Waals surface area contributed by atoms with Crippen molar-refractivity contribution in [2.24, 2.45) is 5.92 Å². The van der Waals surface area contributed by atoms with E-state index in [9.17, 15) is 4.79 Å². The van der Waals surface area contributed by atoms with E-state index < -0.39 is 0 Å². The van der Waals surface area contributed by atoms with Crippen LogP contribution in [-0.2, 0) is 13.1 Å². The zero-order chi connectivity index (χ0) is 15.1. The average Bonchev–Trinajstić information content (AvgIpc) is 2.51. The lowest BCUT2D eigenvalue weighted by molar-refractivity contribution is 0.114. The van der Waals surface area contributed by atoms with Crippen LogP contribution in [0.25, 0.3) is 0 Å². The number of aromatic nitrogens is 1. The third-order valence-corrected chi connectivity index (χ3v) is 5.40. The van der Waals surface area contributed by atoms with E-state index in [0.29, 0.717) is 11.8 Å². The lowest BCUT2D eigenvalue weighted by Gasteiger charge is -2.42. The zero-order valence-corrected chi connectivity index (χ0v) is 14.0. The van der Waals surface area contributed by atoms with Crippen molar-refractivity contribution in [3.63, 3.8) is 0 Å². The van der Waals surface area contributed by atoms with Gasteiger partial charge in [-0.05, 0) is 36.1 Å². The minimum absolute atomic E-state index is 0.161. The highest BCUT2D eigenvalue weighted by Gasteiger charge is 2.34. The topological polar surface area (TPSA) is 25.2 Å². The van der Waals surface area contributed by atoms with Crippen LogP contribution in [0.2, 0.25) is 0 Å². The molecule has 0 amide bonds. The standard InChI is InChI=1S/C18H19BrN2O/c19-16-6-4-13(5-7-16)9-20-10-14-8-15(12-20)17-2-1-3-18(22)21(17)11-14/h1-7,14-15H,8-12H2/t14-,15+/m0/s1. The van der Waals surface area contributed by atoms with Crippen LogP contribution >= 0.6 is 15.9 Å². The van der Waals surface area contributed by atoms with Gasteiger partial charge in [0.1, 0.15) is 0 Å². The Balaban J connectivity index is 1.56. The Labute approximate surface area is 138 Å².